The van der Waals surface area contributed by atoms with Gasteiger partial charge < -0.3 is 4.74 Å². The molecular weight excluding hydrogens is 380 g/mol. The Morgan fingerprint density at radius 2 is 1.64 bits per heavy atom. The summed E-state index contributed by atoms with van der Waals surface area (Å²) in [5.41, 5.74) is 0.880. The number of carbonyl (C=O) groups is 2. The van der Waals surface area contributed by atoms with Crippen molar-refractivity contribution in [2.75, 3.05) is 26.0 Å². The van der Waals surface area contributed by atoms with E-state index in [4.69, 9.17) is 4.74 Å². The Labute approximate surface area is 166 Å². The van der Waals surface area contributed by atoms with Crippen LogP contribution >= 0.6 is 0 Å². The first-order chi connectivity index (χ1) is 13.4. The molecule has 0 radical (unpaired) electrons. The quantitative estimate of drug-likeness (QED) is 0.664. The average Bonchev–Trinajstić information content (AvgIpc) is 3.16. The molecule has 2 aliphatic rings. The summed E-state index contributed by atoms with van der Waals surface area (Å²) in [7, 11) is -1.98. The Morgan fingerprint density at radius 3 is 2.21 bits per heavy atom. The molecule has 0 bridgehead atoms. The number of rotatable bonds is 8. The number of benzene rings is 1. The third-order valence-corrected chi connectivity index (χ3v) is 7.16. The van der Waals surface area contributed by atoms with Crippen molar-refractivity contribution in [1.29, 1.82) is 0 Å². The zero-order valence-electron chi connectivity index (χ0n) is 16.3. The fourth-order valence-electron chi connectivity index (χ4n) is 4.14. The highest BCUT2D eigenvalue weighted by molar-refractivity contribution is 7.89. The first-order valence-electron chi connectivity index (χ1n) is 9.80. The van der Waals surface area contributed by atoms with E-state index in [1.54, 1.807) is 7.11 Å². The third-order valence-electron chi connectivity index (χ3n) is 5.86. The average molecular weight is 409 g/mol. The molecule has 1 aliphatic heterocycles. The first-order valence-corrected chi connectivity index (χ1v) is 11.5. The van der Waals surface area contributed by atoms with Crippen molar-refractivity contribution in [1.82, 2.24) is 9.62 Å². The number of sulfonamides is 1. The Bertz CT molecular complexity index is 798. The second-order valence-corrected chi connectivity index (χ2v) is 9.58. The number of likely N-dealkylation sites (tertiary alicyclic amines) is 1. The Kier molecular flexibility index (Phi) is 6.40. The number of ether oxygens (including phenoxy) is 1. The fraction of sp³-hybridized carbons (Fsp3) is 0.600. The van der Waals surface area contributed by atoms with Crippen molar-refractivity contribution < 1.29 is 22.7 Å². The van der Waals surface area contributed by atoms with Crippen LogP contribution < -0.4 is 9.46 Å². The van der Waals surface area contributed by atoms with E-state index >= 15 is 0 Å². The summed E-state index contributed by atoms with van der Waals surface area (Å²) in [5.74, 6) is -0.0503. The van der Waals surface area contributed by atoms with E-state index in [1.807, 2.05) is 24.3 Å². The largest absolute Gasteiger partial charge is 0.497 e. The van der Waals surface area contributed by atoms with E-state index in [1.165, 1.54) is 0 Å². The molecule has 28 heavy (non-hydrogen) atoms. The van der Waals surface area contributed by atoms with Gasteiger partial charge >= 0.3 is 0 Å². The summed E-state index contributed by atoms with van der Waals surface area (Å²) in [5, 5.41) is 0. The van der Waals surface area contributed by atoms with Gasteiger partial charge in [-0.1, -0.05) is 25.0 Å². The first kappa shape index (κ1) is 20.8. The van der Waals surface area contributed by atoms with Crippen LogP contribution in [0.2, 0.25) is 0 Å². The molecule has 1 saturated heterocycles. The van der Waals surface area contributed by atoms with Crippen molar-refractivity contribution in [2.45, 2.75) is 50.4 Å². The molecule has 1 aromatic rings. The lowest BCUT2D eigenvalue weighted by Gasteiger charge is -2.30. The molecule has 0 unspecified atom stereocenters. The molecule has 0 spiro atoms. The van der Waals surface area contributed by atoms with Crippen molar-refractivity contribution in [2.24, 2.45) is 0 Å². The van der Waals surface area contributed by atoms with E-state index in [-0.39, 0.29) is 29.5 Å². The summed E-state index contributed by atoms with van der Waals surface area (Å²) in [6.45, 7) is 0.242. The van der Waals surface area contributed by atoms with E-state index in [0.717, 1.165) is 41.9 Å². The maximum Gasteiger partial charge on any atom is 0.229 e. The molecule has 0 aromatic heterocycles. The van der Waals surface area contributed by atoms with Gasteiger partial charge in [0.25, 0.3) is 0 Å². The van der Waals surface area contributed by atoms with Crippen molar-refractivity contribution in [3.05, 3.63) is 29.8 Å². The monoisotopic (exact) mass is 408 g/mol. The standard InChI is InChI=1S/C20H28N2O5S/c1-27-17-9-7-16(8-10-17)20(11-2-3-12-20)15-21-28(25,26)14-13-22-18(23)5-4-6-19(22)24/h7-10,21H,2-6,11-15H2,1H3. The van der Waals surface area contributed by atoms with Gasteiger partial charge in [-0.25, -0.2) is 13.1 Å². The molecule has 2 fully saturated rings. The molecule has 2 amide bonds. The summed E-state index contributed by atoms with van der Waals surface area (Å²) in [6, 6.07) is 7.81. The minimum atomic E-state index is -3.60. The topological polar surface area (TPSA) is 92.8 Å². The van der Waals surface area contributed by atoms with Gasteiger partial charge in [0.2, 0.25) is 21.8 Å². The molecule has 0 atom stereocenters. The Morgan fingerprint density at radius 1 is 1.04 bits per heavy atom. The number of methoxy groups -OCH3 is 1. The van der Waals surface area contributed by atoms with Crippen LogP contribution in [0.5, 0.6) is 5.75 Å². The lowest BCUT2D eigenvalue weighted by molar-refractivity contribution is -0.147. The highest BCUT2D eigenvalue weighted by Gasteiger charge is 2.37. The molecule has 1 aromatic carbocycles. The zero-order chi connectivity index (χ0) is 20.2. The summed E-state index contributed by atoms with van der Waals surface area (Å²) in [6.07, 6.45) is 5.12. The lowest BCUT2D eigenvalue weighted by atomic mass is 9.79. The number of imide groups is 1. The predicted molar refractivity (Wildman–Crippen MR) is 106 cm³/mol. The van der Waals surface area contributed by atoms with Crippen molar-refractivity contribution in [3.8, 4) is 5.75 Å². The molecule has 154 valence electrons. The molecule has 7 nitrogen and oxygen atoms in total. The molecule has 1 N–H and O–H groups in total. The van der Waals surface area contributed by atoms with Crippen molar-refractivity contribution >= 4 is 21.8 Å². The number of piperidine rings is 1. The van der Waals surface area contributed by atoms with Crippen LogP contribution in [0, 0.1) is 0 Å². The number of nitrogens with zero attached hydrogens (tertiary/aromatic N) is 1. The van der Waals surface area contributed by atoms with Crippen molar-refractivity contribution in [3.63, 3.8) is 0 Å². The van der Waals surface area contributed by atoms with Gasteiger partial charge in [-0.3, -0.25) is 14.5 Å². The summed E-state index contributed by atoms with van der Waals surface area (Å²) >= 11 is 0. The molecule has 8 heteroatoms. The van der Waals surface area contributed by atoms with Gasteiger partial charge in [-0.05, 0) is 37.0 Å². The Hall–Kier alpha value is -1.93. The smallest absolute Gasteiger partial charge is 0.229 e. The van der Waals surface area contributed by atoms with E-state index in [2.05, 4.69) is 4.72 Å². The third kappa shape index (κ3) is 4.72. The van der Waals surface area contributed by atoms with Crippen LogP contribution in [0.25, 0.3) is 0 Å². The second-order valence-electron chi connectivity index (χ2n) is 7.65. The SMILES string of the molecule is COc1ccc(C2(CNS(=O)(=O)CCN3C(=O)CCCC3=O)CCCC2)cc1. The highest BCUT2D eigenvalue weighted by atomic mass is 32.2. The minimum absolute atomic E-state index is 0.0808. The van der Waals surface area contributed by atoms with Crippen LogP contribution in [0.4, 0.5) is 0 Å². The second kappa shape index (κ2) is 8.61. The lowest BCUT2D eigenvalue weighted by Crippen LogP contribution is -2.45. The predicted octanol–water partition coefficient (Wildman–Crippen LogP) is 1.97. The van der Waals surface area contributed by atoms with Gasteiger partial charge in [0, 0.05) is 31.3 Å². The van der Waals surface area contributed by atoms with Gasteiger partial charge in [0.15, 0.2) is 0 Å². The molecule has 3 rings (SSSR count). The maximum absolute atomic E-state index is 12.5. The number of hydrogen-bond donors (Lipinski definition) is 1. The van der Waals surface area contributed by atoms with Crippen LogP contribution in [0.15, 0.2) is 24.3 Å². The zero-order valence-corrected chi connectivity index (χ0v) is 17.1. The number of nitrogens with one attached hydrogen (secondary N) is 1. The van der Waals surface area contributed by atoms with E-state index < -0.39 is 10.0 Å². The molecule has 1 heterocycles. The van der Waals surface area contributed by atoms with Crippen LogP contribution in [-0.2, 0) is 25.0 Å². The summed E-state index contributed by atoms with van der Waals surface area (Å²) < 4.78 is 33.0. The summed E-state index contributed by atoms with van der Waals surface area (Å²) in [4.78, 5) is 24.8. The molecule has 1 aliphatic carbocycles. The number of carbonyl (C=O) groups excluding carboxylic acids is 2. The normalized spacial score (nSPS) is 19.8. The highest BCUT2D eigenvalue weighted by Crippen LogP contribution is 2.41. The minimum Gasteiger partial charge on any atom is -0.497 e. The number of hydrogen-bond acceptors (Lipinski definition) is 5. The maximum atomic E-state index is 12.5. The fourth-order valence-corrected chi connectivity index (χ4v) is 5.21. The van der Waals surface area contributed by atoms with Crippen LogP contribution in [0.1, 0.15) is 50.5 Å². The van der Waals surface area contributed by atoms with E-state index in [9.17, 15) is 18.0 Å². The molecule has 1 saturated carbocycles. The van der Waals surface area contributed by atoms with Gasteiger partial charge in [0.05, 0.1) is 12.9 Å². The molecular formula is C20H28N2O5S. The number of amides is 2. The van der Waals surface area contributed by atoms with Gasteiger partial charge in [0.1, 0.15) is 5.75 Å². The Balaban J connectivity index is 1.63. The van der Waals surface area contributed by atoms with E-state index in [0.29, 0.717) is 25.8 Å². The van der Waals surface area contributed by atoms with Crippen LogP contribution in [-0.4, -0.2) is 51.1 Å². The van der Waals surface area contributed by atoms with Gasteiger partial charge in [-0.15, -0.1) is 0 Å². The van der Waals surface area contributed by atoms with Crippen LogP contribution in [0.3, 0.4) is 0 Å². The van der Waals surface area contributed by atoms with Gasteiger partial charge in [-0.2, -0.15) is 0 Å².